The van der Waals surface area contributed by atoms with E-state index in [-0.39, 0.29) is 5.92 Å². The summed E-state index contributed by atoms with van der Waals surface area (Å²) in [6, 6.07) is 7.86. The number of aliphatic hydroxyl groups excluding tert-OH is 1. The Kier molecular flexibility index (Phi) is 4.68. The van der Waals surface area contributed by atoms with Gasteiger partial charge in [0.2, 0.25) is 0 Å². The van der Waals surface area contributed by atoms with Gasteiger partial charge in [0.1, 0.15) is 11.5 Å². The molecule has 0 radical (unpaired) electrons. The van der Waals surface area contributed by atoms with Crippen molar-refractivity contribution >= 4 is 15.9 Å². The number of aryl methyl sites for hydroxylation is 2. The fraction of sp³-hybridized carbons (Fsp3) is 0.375. The third-order valence-corrected chi connectivity index (χ3v) is 4.58. The van der Waals surface area contributed by atoms with Gasteiger partial charge in [0.05, 0.1) is 6.10 Å². The van der Waals surface area contributed by atoms with Gasteiger partial charge in [-0.25, -0.2) is 0 Å². The zero-order valence-electron chi connectivity index (χ0n) is 12.0. The van der Waals surface area contributed by atoms with Gasteiger partial charge in [0.15, 0.2) is 0 Å². The van der Waals surface area contributed by atoms with Gasteiger partial charge >= 0.3 is 0 Å². The number of halogens is 1. The molecule has 0 amide bonds. The van der Waals surface area contributed by atoms with Crippen LogP contribution < -0.4 is 5.73 Å². The van der Waals surface area contributed by atoms with Crippen molar-refractivity contribution in [3.8, 4) is 0 Å². The van der Waals surface area contributed by atoms with Gasteiger partial charge in [-0.2, -0.15) is 0 Å². The highest BCUT2D eigenvalue weighted by atomic mass is 79.9. The average Bonchev–Trinajstić information content (AvgIpc) is 2.66. The van der Waals surface area contributed by atoms with Crippen molar-refractivity contribution in [2.75, 3.05) is 6.54 Å². The quantitative estimate of drug-likeness (QED) is 0.893. The van der Waals surface area contributed by atoms with E-state index in [0.717, 1.165) is 32.7 Å². The predicted molar refractivity (Wildman–Crippen MR) is 83.8 cm³/mol. The molecule has 4 heteroatoms. The maximum absolute atomic E-state index is 10.8. The molecule has 0 fully saturated rings. The molecule has 0 saturated carbocycles. The molecule has 0 aliphatic carbocycles. The Hall–Kier alpha value is -1.10. The lowest BCUT2D eigenvalue weighted by Gasteiger charge is -2.23. The lowest BCUT2D eigenvalue weighted by molar-refractivity contribution is 0.145. The average molecular weight is 338 g/mol. The molecule has 2 aromatic rings. The minimum atomic E-state index is -0.670. The standard InChI is InChI=1S/C16H20BrNO2/c1-9-10(2)20-11(3)15(9)16(19)13(8-18)12-6-4-5-7-14(12)17/h4-7,13,16,19H,8,18H2,1-3H3. The van der Waals surface area contributed by atoms with Crippen LogP contribution in [0.3, 0.4) is 0 Å². The van der Waals surface area contributed by atoms with Gasteiger partial charge < -0.3 is 15.3 Å². The van der Waals surface area contributed by atoms with Gasteiger partial charge in [-0.3, -0.25) is 0 Å². The fourth-order valence-electron chi connectivity index (χ4n) is 2.65. The van der Waals surface area contributed by atoms with Crippen LogP contribution in [0.5, 0.6) is 0 Å². The topological polar surface area (TPSA) is 59.4 Å². The molecule has 2 atom stereocenters. The van der Waals surface area contributed by atoms with Crippen LogP contribution in [0.2, 0.25) is 0 Å². The summed E-state index contributed by atoms with van der Waals surface area (Å²) >= 11 is 3.53. The molecule has 0 aliphatic heterocycles. The van der Waals surface area contributed by atoms with Gasteiger partial charge in [0, 0.05) is 22.5 Å². The third-order valence-electron chi connectivity index (χ3n) is 3.85. The fourth-order valence-corrected chi connectivity index (χ4v) is 3.23. The second kappa shape index (κ2) is 6.12. The molecule has 0 bridgehead atoms. The van der Waals surface area contributed by atoms with Gasteiger partial charge in [0.25, 0.3) is 0 Å². The summed E-state index contributed by atoms with van der Waals surface area (Å²) in [5, 5.41) is 10.8. The molecule has 0 aliphatic rings. The molecule has 3 N–H and O–H groups in total. The highest BCUT2D eigenvalue weighted by Crippen LogP contribution is 2.38. The molecule has 1 heterocycles. The van der Waals surface area contributed by atoms with Crippen LogP contribution >= 0.6 is 15.9 Å². The third kappa shape index (κ3) is 2.68. The van der Waals surface area contributed by atoms with Crippen LogP contribution in [-0.2, 0) is 0 Å². The Morgan fingerprint density at radius 2 is 1.85 bits per heavy atom. The maximum atomic E-state index is 10.8. The smallest absolute Gasteiger partial charge is 0.107 e. The van der Waals surface area contributed by atoms with Crippen molar-refractivity contribution in [1.82, 2.24) is 0 Å². The summed E-state index contributed by atoms with van der Waals surface area (Å²) in [4.78, 5) is 0. The normalized spacial score (nSPS) is 14.3. The first-order valence-electron chi connectivity index (χ1n) is 6.66. The van der Waals surface area contributed by atoms with Crippen molar-refractivity contribution < 1.29 is 9.52 Å². The minimum Gasteiger partial charge on any atom is -0.466 e. The van der Waals surface area contributed by atoms with Gasteiger partial charge in [-0.05, 0) is 38.0 Å². The molecule has 1 aromatic heterocycles. The number of hydrogen-bond acceptors (Lipinski definition) is 3. The van der Waals surface area contributed by atoms with Gasteiger partial charge in [-0.15, -0.1) is 0 Å². The van der Waals surface area contributed by atoms with Crippen molar-refractivity contribution in [3.63, 3.8) is 0 Å². The minimum absolute atomic E-state index is 0.167. The molecular weight excluding hydrogens is 318 g/mol. The molecular formula is C16H20BrNO2. The zero-order chi connectivity index (χ0) is 14.9. The van der Waals surface area contributed by atoms with E-state index < -0.39 is 6.10 Å². The predicted octanol–water partition coefficient (Wildman–Crippen LogP) is 3.74. The highest BCUT2D eigenvalue weighted by molar-refractivity contribution is 9.10. The summed E-state index contributed by atoms with van der Waals surface area (Å²) in [7, 11) is 0. The van der Waals surface area contributed by atoms with E-state index in [0.29, 0.717) is 6.54 Å². The molecule has 2 unspecified atom stereocenters. The van der Waals surface area contributed by atoms with Crippen LogP contribution in [-0.4, -0.2) is 11.7 Å². The summed E-state index contributed by atoms with van der Waals surface area (Å²) in [5.74, 6) is 1.44. The summed E-state index contributed by atoms with van der Waals surface area (Å²) in [5.41, 5.74) is 8.78. The van der Waals surface area contributed by atoms with Crippen molar-refractivity contribution in [3.05, 3.63) is 56.9 Å². The second-order valence-electron chi connectivity index (χ2n) is 5.06. The summed E-state index contributed by atoms with van der Waals surface area (Å²) in [6.45, 7) is 6.13. The van der Waals surface area contributed by atoms with Crippen LogP contribution in [0, 0.1) is 20.8 Å². The molecule has 2 rings (SSSR count). The van der Waals surface area contributed by atoms with E-state index in [1.54, 1.807) is 0 Å². The highest BCUT2D eigenvalue weighted by Gasteiger charge is 2.28. The number of furan rings is 1. The zero-order valence-corrected chi connectivity index (χ0v) is 13.6. The molecule has 20 heavy (non-hydrogen) atoms. The first-order valence-corrected chi connectivity index (χ1v) is 7.45. The molecule has 1 aromatic carbocycles. The Balaban J connectivity index is 2.44. The van der Waals surface area contributed by atoms with Gasteiger partial charge in [-0.1, -0.05) is 34.1 Å². The summed E-state index contributed by atoms with van der Waals surface area (Å²) in [6.07, 6.45) is -0.670. The van der Waals surface area contributed by atoms with Crippen LogP contribution in [0.1, 0.15) is 40.2 Å². The lowest BCUT2D eigenvalue weighted by atomic mass is 9.87. The maximum Gasteiger partial charge on any atom is 0.107 e. The number of nitrogens with two attached hydrogens (primary N) is 1. The van der Waals surface area contributed by atoms with E-state index in [9.17, 15) is 5.11 Å². The first kappa shape index (κ1) is 15.3. The van der Waals surface area contributed by atoms with E-state index in [1.807, 2.05) is 45.0 Å². The van der Waals surface area contributed by atoms with Crippen molar-refractivity contribution in [2.45, 2.75) is 32.8 Å². The Morgan fingerprint density at radius 3 is 2.35 bits per heavy atom. The largest absolute Gasteiger partial charge is 0.466 e. The van der Waals surface area contributed by atoms with E-state index >= 15 is 0 Å². The number of benzene rings is 1. The molecule has 108 valence electrons. The van der Waals surface area contributed by atoms with Crippen molar-refractivity contribution in [2.24, 2.45) is 5.73 Å². The van der Waals surface area contributed by atoms with Crippen molar-refractivity contribution in [1.29, 1.82) is 0 Å². The molecule has 0 saturated heterocycles. The Labute approximate surface area is 127 Å². The second-order valence-corrected chi connectivity index (χ2v) is 5.92. The first-order chi connectivity index (χ1) is 9.47. The molecule has 0 spiro atoms. The van der Waals surface area contributed by atoms with E-state index in [1.165, 1.54) is 0 Å². The van der Waals surface area contributed by atoms with Crippen LogP contribution in [0.15, 0.2) is 33.2 Å². The monoisotopic (exact) mass is 337 g/mol. The van der Waals surface area contributed by atoms with E-state index in [2.05, 4.69) is 15.9 Å². The lowest BCUT2D eigenvalue weighted by Crippen LogP contribution is -2.21. The van der Waals surface area contributed by atoms with E-state index in [4.69, 9.17) is 10.2 Å². The molecule has 3 nitrogen and oxygen atoms in total. The number of hydrogen-bond donors (Lipinski definition) is 2. The number of rotatable bonds is 4. The number of aliphatic hydroxyl groups is 1. The SMILES string of the molecule is Cc1oc(C)c(C(O)C(CN)c2ccccc2Br)c1C. The Morgan fingerprint density at radius 1 is 1.20 bits per heavy atom. The summed E-state index contributed by atoms with van der Waals surface area (Å²) < 4.78 is 6.58. The Bertz CT molecular complexity index is 607. The van der Waals surface area contributed by atoms with Crippen LogP contribution in [0.4, 0.5) is 0 Å². The van der Waals surface area contributed by atoms with Crippen LogP contribution in [0.25, 0.3) is 0 Å².